The van der Waals surface area contributed by atoms with Gasteiger partial charge in [-0.2, -0.15) is 5.10 Å². The van der Waals surface area contributed by atoms with Crippen molar-refractivity contribution in [2.75, 3.05) is 11.9 Å². The molecule has 0 spiro atoms. The molecule has 0 aliphatic rings. The maximum Gasteiger partial charge on any atom is 0.252 e. The summed E-state index contributed by atoms with van der Waals surface area (Å²) in [5.74, 6) is 0.358. The van der Waals surface area contributed by atoms with Crippen molar-refractivity contribution in [2.45, 2.75) is 13.0 Å². The van der Waals surface area contributed by atoms with Gasteiger partial charge in [0.15, 0.2) is 0 Å². The van der Waals surface area contributed by atoms with Gasteiger partial charge in [0.05, 0.1) is 23.7 Å². The van der Waals surface area contributed by atoms with Crippen molar-refractivity contribution in [1.29, 1.82) is 0 Å². The van der Waals surface area contributed by atoms with Crippen molar-refractivity contribution < 1.29 is 4.79 Å². The molecule has 2 N–H and O–H groups in total. The summed E-state index contributed by atoms with van der Waals surface area (Å²) in [7, 11) is 0. The third-order valence-electron chi connectivity index (χ3n) is 4.34. The first-order chi connectivity index (χ1) is 15.2. The summed E-state index contributed by atoms with van der Waals surface area (Å²) < 4.78 is 1.72. The van der Waals surface area contributed by atoms with Crippen LogP contribution in [0, 0.1) is 0 Å². The van der Waals surface area contributed by atoms with Crippen LogP contribution in [0.2, 0.25) is 5.02 Å². The summed E-state index contributed by atoms with van der Waals surface area (Å²) in [6, 6.07) is 9.07. The van der Waals surface area contributed by atoms with E-state index in [1.165, 1.54) is 12.5 Å². The molecule has 156 valence electrons. The highest BCUT2D eigenvalue weighted by atomic mass is 35.5. The largest absolute Gasteiger partial charge is 0.352 e. The first-order valence-corrected chi connectivity index (χ1v) is 9.96. The number of hydrogen-bond donors (Lipinski definition) is 2. The van der Waals surface area contributed by atoms with Crippen molar-refractivity contribution in [3.05, 3.63) is 78.4 Å². The van der Waals surface area contributed by atoms with Crippen LogP contribution in [-0.2, 0) is 6.54 Å². The Hall–Kier alpha value is -3.85. The molecule has 3 aromatic heterocycles. The third-order valence-corrected chi connectivity index (χ3v) is 4.58. The number of nitrogens with zero attached hydrogens (tertiary/aromatic N) is 6. The molecule has 1 amide bonds. The topological polar surface area (TPSA) is 111 Å². The second-order valence-electron chi connectivity index (χ2n) is 6.66. The van der Waals surface area contributed by atoms with Gasteiger partial charge in [-0.15, -0.1) is 0 Å². The van der Waals surface area contributed by atoms with Crippen LogP contribution in [-0.4, -0.2) is 42.2 Å². The lowest BCUT2D eigenvalue weighted by Gasteiger charge is -2.09. The Labute approximate surface area is 183 Å². The van der Waals surface area contributed by atoms with Gasteiger partial charge in [0.2, 0.25) is 0 Å². The van der Waals surface area contributed by atoms with Crippen LogP contribution in [0.3, 0.4) is 0 Å². The fraction of sp³-hybridized carbons (Fsp3) is 0.143. The number of nitrogens with one attached hydrogen (secondary N) is 2. The number of aromatic nitrogens is 6. The Bertz CT molecular complexity index is 1170. The van der Waals surface area contributed by atoms with E-state index >= 15 is 0 Å². The van der Waals surface area contributed by atoms with E-state index in [0.717, 1.165) is 12.1 Å². The van der Waals surface area contributed by atoms with Gasteiger partial charge >= 0.3 is 0 Å². The van der Waals surface area contributed by atoms with E-state index < -0.39 is 0 Å². The van der Waals surface area contributed by atoms with Gasteiger partial charge in [0, 0.05) is 41.8 Å². The molecule has 1 aromatic carbocycles. The number of anilines is 2. The van der Waals surface area contributed by atoms with Gasteiger partial charge < -0.3 is 10.6 Å². The molecule has 0 radical (unpaired) electrons. The first kappa shape index (κ1) is 20.4. The van der Waals surface area contributed by atoms with E-state index in [0.29, 0.717) is 40.8 Å². The van der Waals surface area contributed by atoms with E-state index in [4.69, 9.17) is 11.6 Å². The number of rotatable bonds is 8. The van der Waals surface area contributed by atoms with Crippen molar-refractivity contribution in [1.82, 2.24) is 35.0 Å². The molecule has 0 bridgehead atoms. The molecule has 4 rings (SSSR count). The smallest absolute Gasteiger partial charge is 0.252 e. The monoisotopic (exact) mass is 434 g/mol. The Morgan fingerprint density at radius 3 is 2.81 bits per heavy atom. The van der Waals surface area contributed by atoms with Crippen LogP contribution in [0.1, 0.15) is 16.8 Å². The molecule has 4 aromatic rings. The molecule has 0 aliphatic carbocycles. The van der Waals surface area contributed by atoms with Gasteiger partial charge in [-0.3, -0.25) is 19.4 Å². The number of aryl methyl sites for hydroxylation is 1. The van der Waals surface area contributed by atoms with Crippen LogP contribution >= 0.6 is 11.6 Å². The third kappa shape index (κ3) is 5.61. The number of benzene rings is 1. The average Bonchev–Trinajstić information content (AvgIpc) is 3.30. The van der Waals surface area contributed by atoms with Crippen molar-refractivity contribution in [3.8, 4) is 11.3 Å². The van der Waals surface area contributed by atoms with Crippen LogP contribution < -0.4 is 10.6 Å². The molecule has 0 fully saturated rings. The van der Waals surface area contributed by atoms with Gasteiger partial charge in [-0.25, -0.2) is 9.97 Å². The maximum atomic E-state index is 12.5. The molecule has 0 saturated heterocycles. The Balaban J connectivity index is 1.41. The highest BCUT2D eigenvalue weighted by Gasteiger charge is 2.09. The van der Waals surface area contributed by atoms with E-state index in [1.54, 1.807) is 47.8 Å². The molecule has 31 heavy (non-hydrogen) atoms. The number of carbonyl (C=O) groups is 1. The zero-order valence-corrected chi connectivity index (χ0v) is 17.2. The van der Waals surface area contributed by atoms with Gasteiger partial charge in [-0.05, 0) is 30.7 Å². The maximum absolute atomic E-state index is 12.5. The summed E-state index contributed by atoms with van der Waals surface area (Å²) in [6.07, 6.45) is 10.3. The number of amides is 1. The van der Waals surface area contributed by atoms with Crippen molar-refractivity contribution in [3.63, 3.8) is 0 Å². The summed E-state index contributed by atoms with van der Waals surface area (Å²) >= 11 is 6.03. The van der Waals surface area contributed by atoms with Crippen LogP contribution in [0.15, 0.2) is 67.8 Å². The predicted octanol–water partition coefficient (Wildman–Crippen LogP) is 3.35. The standard InChI is InChI=1S/C21H19ClN8O/c22-17-3-1-4-18(8-17)28-20-12-24-11-19(29-20)15-7-16(10-23-9-15)21(31)26-5-2-6-30-14-25-13-27-30/h1,3-4,7-14H,2,5-6H2,(H,26,31)(H,28,29). The van der Waals surface area contributed by atoms with Crippen LogP contribution in [0.5, 0.6) is 0 Å². The van der Waals surface area contributed by atoms with E-state index in [1.807, 2.05) is 12.1 Å². The van der Waals surface area contributed by atoms with E-state index in [9.17, 15) is 4.79 Å². The minimum absolute atomic E-state index is 0.200. The molecule has 0 atom stereocenters. The molecule has 0 aliphatic heterocycles. The number of hydrogen-bond acceptors (Lipinski definition) is 7. The number of carbonyl (C=O) groups excluding carboxylic acids is 1. The lowest BCUT2D eigenvalue weighted by molar-refractivity contribution is 0.0952. The Kier molecular flexibility index (Phi) is 6.44. The molecular weight excluding hydrogens is 416 g/mol. The number of pyridine rings is 1. The Morgan fingerprint density at radius 1 is 1.06 bits per heavy atom. The second-order valence-corrected chi connectivity index (χ2v) is 7.09. The Morgan fingerprint density at radius 2 is 1.97 bits per heavy atom. The van der Waals surface area contributed by atoms with Crippen molar-refractivity contribution in [2.24, 2.45) is 0 Å². The highest BCUT2D eigenvalue weighted by molar-refractivity contribution is 6.30. The average molecular weight is 435 g/mol. The fourth-order valence-corrected chi connectivity index (χ4v) is 3.07. The SMILES string of the molecule is O=C(NCCCn1cncn1)c1cncc(-c2cncc(Nc3cccc(Cl)c3)n2)c1. The molecule has 0 saturated carbocycles. The second kappa shape index (κ2) is 9.77. The fourth-order valence-electron chi connectivity index (χ4n) is 2.88. The number of halogens is 1. The molecule has 9 nitrogen and oxygen atoms in total. The van der Waals surface area contributed by atoms with Gasteiger partial charge in [0.1, 0.15) is 18.5 Å². The highest BCUT2D eigenvalue weighted by Crippen LogP contribution is 2.22. The lowest BCUT2D eigenvalue weighted by Crippen LogP contribution is -2.25. The minimum atomic E-state index is -0.200. The summed E-state index contributed by atoms with van der Waals surface area (Å²) in [4.78, 5) is 29.4. The lowest BCUT2D eigenvalue weighted by atomic mass is 10.1. The summed E-state index contributed by atoms with van der Waals surface area (Å²) in [6.45, 7) is 1.20. The molecule has 0 unspecified atom stereocenters. The predicted molar refractivity (Wildman–Crippen MR) is 117 cm³/mol. The molecular formula is C21H19ClN8O. The van der Waals surface area contributed by atoms with Gasteiger partial charge in [-0.1, -0.05) is 17.7 Å². The zero-order valence-electron chi connectivity index (χ0n) is 16.4. The minimum Gasteiger partial charge on any atom is -0.352 e. The van der Waals surface area contributed by atoms with E-state index in [-0.39, 0.29) is 5.91 Å². The quantitative estimate of drug-likeness (QED) is 0.409. The normalized spacial score (nSPS) is 10.6. The van der Waals surface area contributed by atoms with Gasteiger partial charge in [0.25, 0.3) is 5.91 Å². The van der Waals surface area contributed by atoms with Crippen molar-refractivity contribution >= 4 is 29.0 Å². The molecule has 3 heterocycles. The molecule has 10 heteroatoms. The van der Waals surface area contributed by atoms with Crippen LogP contribution in [0.25, 0.3) is 11.3 Å². The van der Waals surface area contributed by atoms with Crippen LogP contribution in [0.4, 0.5) is 11.5 Å². The zero-order chi connectivity index (χ0) is 21.5. The van der Waals surface area contributed by atoms with E-state index in [2.05, 4.69) is 35.7 Å². The summed E-state index contributed by atoms with van der Waals surface area (Å²) in [5.41, 5.74) is 2.54. The first-order valence-electron chi connectivity index (χ1n) is 9.58. The summed E-state index contributed by atoms with van der Waals surface area (Å²) in [5, 5.41) is 10.7.